The quantitative estimate of drug-likeness (QED) is 0.909. The Morgan fingerprint density at radius 1 is 1.57 bits per heavy atom. The molecule has 0 bridgehead atoms. The van der Waals surface area contributed by atoms with Crippen LogP contribution in [0.5, 0.6) is 0 Å². The maximum Gasteiger partial charge on any atom is 0.320 e. The van der Waals surface area contributed by atoms with Gasteiger partial charge in [0.15, 0.2) is 0 Å². The minimum absolute atomic E-state index is 0.0359. The Hall–Kier alpha value is -1.56. The predicted molar refractivity (Wildman–Crippen MR) is 82.4 cm³/mol. The van der Waals surface area contributed by atoms with Crippen LogP contribution in [0.1, 0.15) is 37.1 Å². The topological polar surface area (TPSA) is 60.9 Å². The highest BCUT2D eigenvalue weighted by molar-refractivity contribution is 7.10. The molecule has 1 fully saturated rings. The Balaban J connectivity index is 1.87. The van der Waals surface area contributed by atoms with E-state index >= 15 is 0 Å². The van der Waals surface area contributed by atoms with Gasteiger partial charge >= 0.3 is 12.0 Å². The third-order valence-electron chi connectivity index (χ3n) is 4.16. The first-order chi connectivity index (χ1) is 9.99. The number of thiophene rings is 1. The number of likely N-dealkylation sites (tertiary alicyclic amines) is 1. The van der Waals surface area contributed by atoms with Crippen LogP contribution < -0.4 is 0 Å². The maximum atomic E-state index is 12.5. The van der Waals surface area contributed by atoms with Crippen molar-refractivity contribution in [3.63, 3.8) is 0 Å². The van der Waals surface area contributed by atoms with Gasteiger partial charge in [-0.05, 0) is 37.1 Å². The molecule has 6 heteroatoms. The lowest BCUT2D eigenvalue weighted by atomic mass is 10.0. The van der Waals surface area contributed by atoms with Crippen molar-refractivity contribution in [2.24, 2.45) is 5.92 Å². The van der Waals surface area contributed by atoms with E-state index in [0.717, 1.165) is 13.0 Å². The summed E-state index contributed by atoms with van der Waals surface area (Å²) in [5, 5.41) is 10.7. The zero-order valence-electron chi connectivity index (χ0n) is 12.5. The minimum atomic E-state index is -0.761. The third kappa shape index (κ3) is 3.97. The summed E-state index contributed by atoms with van der Waals surface area (Å²) >= 11 is 1.65. The molecule has 116 valence electrons. The highest BCUT2D eigenvalue weighted by atomic mass is 32.1. The van der Waals surface area contributed by atoms with E-state index < -0.39 is 5.97 Å². The Morgan fingerprint density at radius 3 is 2.95 bits per heavy atom. The molecule has 2 rings (SSSR count). The van der Waals surface area contributed by atoms with Gasteiger partial charge in [-0.3, -0.25) is 4.79 Å². The van der Waals surface area contributed by atoms with Gasteiger partial charge in [0.2, 0.25) is 0 Å². The average Bonchev–Trinajstić information content (AvgIpc) is 3.13. The van der Waals surface area contributed by atoms with E-state index in [1.54, 1.807) is 16.2 Å². The highest BCUT2D eigenvalue weighted by Gasteiger charge is 2.30. The van der Waals surface area contributed by atoms with Gasteiger partial charge in [0.1, 0.15) is 0 Å². The second-order valence-corrected chi connectivity index (χ2v) is 6.60. The predicted octanol–water partition coefficient (Wildman–Crippen LogP) is 3.05. The molecule has 0 aliphatic carbocycles. The largest absolute Gasteiger partial charge is 0.481 e. The summed E-state index contributed by atoms with van der Waals surface area (Å²) < 4.78 is 0. The fourth-order valence-electron chi connectivity index (χ4n) is 2.68. The number of nitrogens with zero attached hydrogens (tertiary/aromatic N) is 2. The first kappa shape index (κ1) is 15.8. The molecule has 1 N–H and O–H groups in total. The SMILES string of the molecule is CC(c1cccs1)N(C)C(=O)N1CCC(CCC(=O)O)C1. The number of hydrogen-bond donors (Lipinski definition) is 1. The lowest BCUT2D eigenvalue weighted by Gasteiger charge is -2.29. The number of carboxylic acids is 1. The van der Waals surface area contributed by atoms with Crippen LogP contribution in [0.2, 0.25) is 0 Å². The van der Waals surface area contributed by atoms with Crippen LogP contribution in [0.15, 0.2) is 17.5 Å². The molecule has 0 radical (unpaired) electrons. The van der Waals surface area contributed by atoms with Gasteiger partial charge in [0.25, 0.3) is 0 Å². The third-order valence-corrected chi connectivity index (χ3v) is 5.20. The first-order valence-electron chi connectivity index (χ1n) is 7.26. The van der Waals surface area contributed by atoms with Gasteiger partial charge in [0.05, 0.1) is 6.04 Å². The molecule has 0 aromatic carbocycles. The maximum absolute atomic E-state index is 12.5. The normalized spacial score (nSPS) is 19.5. The Kier molecular flexibility index (Phi) is 5.22. The zero-order valence-corrected chi connectivity index (χ0v) is 13.3. The highest BCUT2D eigenvalue weighted by Crippen LogP contribution is 2.27. The van der Waals surface area contributed by atoms with E-state index in [9.17, 15) is 9.59 Å². The zero-order chi connectivity index (χ0) is 15.4. The van der Waals surface area contributed by atoms with Gasteiger partial charge in [-0.1, -0.05) is 6.07 Å². The first-order valence-corrected chi connectivity index (χ1v) is 8.14. The number of rotatable bonds is 5. The van der Waals surface area contributed by atoms with Gasteiger partial charge in [-0.15, -0.1) is 11.3 Å². The molecule has 1 aromatic heterocycles. The number of aliphatic carboxylic acids is 1. The van der Waals surface area contributed by atoms with Crippen molar-refractivity contribution in [1.29, 1.82) is 0 Å². The Bertz CT molecular complexity index is 489. The second kappa shape index (κ2) is 6.93. The van der Waals surface area contributed by atoms with E-state index in [0.29, 0.717) is 18.9 Å². The Labute approximate surface area is 129 Å². The van der Waals surface area contributed by atoms with Crippen LogP contribution in [0.25, 0.3) is 0 Å². The molecule has 2 atom stereocenters. The van der Waals surface area contributed by atoms with Gasteiger partial charge < -0.3 is 14.9 Å². The molecule has 21 heavy (non-hydrogen) atoms. The van der Waals surface area contributed by atoms with Crippen molar-refractivity contribution in [1.82, 2.24) is 9.80 Å². The molecule has 5 nitrogen and oxygen atoms in total. The number of carboxylic acid groups (broad SMARTS) is 1. The molecule has 2 unspecified atom stereocenters. The van der Waals surface area contributed by atoms with E-state index in [1.165, 1.54) is 4.88 Å². The standard InChI is InChI=1S/C15H22N2O3S/c1-11(13-4-3-9-21-13)16(2)15(20)17-8-7-12(10-17)5-6-14(18)19/h3-4,9,11-12H,5-8,10H2,1-2H3,(H,18,19). The summed E-state index contributed by atoms with van der Waals surface area (Å²) in [5.74, 6) is -0.446. The lowest BCUT2D eigenvalue weighted by Crippen LogP contribution is -2.40. The molecule has 1 saturated heterocycles. The van der Waals surface area contributed by atoms with Crippen molar-refractivity contribution in [2.45, 2.75) is 32.2 Å². The molecule has 1 aliphatic heterocycles. The number of carbonyl (C=O) groups excluding carboxylic acids is 1. The molecule has 0 spiro atoms. The van der Waals surface area contributed by atoms with E-state index in [4.69, 9.17) is 5.11 Å². The van der Waals surface area contributed by atoms with Crippen LogP contribution in [0, 0.1) is 5.92 Å². The smallest absolute Gasteiger partial charge is 0.320 e. The van der Waals surface area contributed by atoms with Crippen LogP contribution in [-0.2, 0) is 4.79 Å². The number of urea groups is 1. The van der Waals surface area contributed by atoms with Crippen LogP contribution in [-0.4, -0.2) is 47.0 Å². The van der Waals surface area contributed by atoms with Gasteiger partial charge in [-0.25, -0.2) is 4.79 Å². The van der Waals surface area contributed by atoms with Crippen molar-refractivity contribution < 1.29 is 14.7 Å². The van der Waals surface area contributed by atoms with Crippen LogP contribution in [0.3, 0.4) is 0 Å². The number of hydrogen-bond acceptors (Lipinski definition) is 3. The van der Waals surface area contributed by atoms with Gasteiger partial charge in [0, 0.05) is 31.4 Å². The molecule has 2 heterocycles. The van der Waals surface area contributed by atoms with E-state index in [1.807, 2.05) is 36.4 Å². The van der Waals surface area contributed by atoms with E-state index in [-0.39, 0.29) is 18.5 Å². The molecular formula is C15H22N2O3S. The summed E-state index contributed by atoms with van der Waals surface area (Å²) in [4.78, 5) is 27.9. The fourth-order valence-corrected chi connectivity index (χ4v) is 3.50. The Morgan fingerprint density at radius 2 is 2.33 bits per heavy atom. The summed E-state index contributed by atoms with van der Waals surface area (Å²) in [5.41, 5.74) is 0. The molecule has 1 aliphatic rings. The number of amides is 2. The number of carbonyl (C=O) groups is 2. The average molecular weight is 310 g/mol. The second-order valence-electron chi connectivity index (χ2n) is 5.62. The van der Waals surface area contributed by atoms with Crippen LogP contribution >= 0.6 is 11.3 Å². The molecule has 0 saturated carbocycles. The molecule has 2 amide bonds. The van der Waals surface area contributed by atoms with Gasteiger partial charge in [-0.2, -0.15) is 0 Å². The minimum Gasteiger partial charge on any atom is -0.481 e. The van der Waals surface area contributed by atoms with Crippen molar-refractivity contribution in [3.05, 3.63) is 22.4 Å². The summed E-state index contributed by atoms with van der Waals surface area (Å²) in [6.07, 6.45) is 1.75. The van der Waals surface area contributed by atoms with Crippen molar-refractivity contribution in [3.8, 4) is 0 Å². The van der Waals surface area contributed by atoms with Crippen LogP contribution in [0.4, 0.5) is 4.79 Å². The van der Waals surface area contributed by atoms with E-state index in [2.05, 4.69) is 0 Å². The lowest BCUT2D eigenvalue weighted by molar-refractivity contribution is -0.137. The summed E-state index contributed by atoms with van der Waals surface area (Å²) in [7, 11) is 1.83. The molecule has 1 aromatic rings. The summed E-state index contributed by atoms with van der Waals surface area (Å²) in [6.45, 7) is 3.43. The monoisotopic (exact) mass is 310 g/mol. The van der Waals surface area contributed by atoms with Crippen molar-refractivity contribution >= 4 is 23.3 Å². The fraction of sp³-hybridized carbons (Fsp3) is 0.600. The molecular weight excluding hydrogens is 288 g/mol. The summed E-state index contributed by atoms with van der Waals surface area (Å²) in [6, 6.07) is 4.13. The van der Waals surface area contributed by atoms with Crippen molar-refractivity contribution in [2.75, 3.05) is 20.1 Å².